The number of fused-ring (bicyclic) bond motifs is 1. The fourth-order valence-corrected chi connectivity index (χ4v) is 4.55. The van der Waals surface area contributed by atoms with E-state index in [1.54, 1.807) is 0 Å². The molecule has 1 fully saturated rings. The summed E-state index contributed by atoms with van der Waals surface area (Å²) in [6.07, 6.45) is 6.29. The van der Waals surface area contributed by atoms with Crippen molar-refractivity contribution in [2.45, 2.75) is 57.6 Å². The Morgan fingerprint density at radius 2 is 2.10 bits per heavy atom. The molecule has 4 rings (SSSR count). The maximum atomic E-state index is 11.9. The number of rotatable bonds is 9. The number of benzene rings is 1. The molecule has 2 atom stereocenters. The Kier molecular flexibility index (Phi) is 7.20. The van der Waals surface area contributed by atoms with E-state index in [2.05, 4.69) is 17.4 Å². The molecular weight excluding hydrogens is 390 g/mol. The fraction of sp³-hybridized carbons (Fsp3) is 0.520. The lowest BCUT2D eigenvalue weighted by Gasteiger charge is -2.24. The molecule has 1 aromatic heterocycles. The molecule has 166 valence electrons. The Labute approximate surface area is 184 Å². The van der Waals surface area contributed by atoms with Gasteiger partial charge in [0.1, 0.15) is 11.9 Å². The second-order valence-corrected chi connectivity index (χ2v) is 8.73. The maximum Gasteiger partial charge on any atom is 0.325 e. The number of carboxylic acids is 1. The smallest absolute Gasteiger partial charge is 0.325 e. The van der Waals surface area contributed by atoms with E-state index in [4.69, 9.17) is 9.72 Å². The van der Waals surface area contributed by atoms with Gasteiger partial charge in [0.15, 0.2) is 0 Å². The molecule has 2 aliphatic rings. The highest BCUT2D eigenvalue weighted by molar-refractivity contribution is 5.75. The van der Waals surface area contributed by atoms with Crippen molar-refractivity contribution in [2.75, 3.05) is 31.6 Å². The van der Waals surface area contributed by atoms with Crippen LogP contribution in [0.3, 0.4) is 0 Å². The van der Waals surface area contributed by atoms with Crippen LogP contribution in [0.4, 0.5) is 5.82 Å². The third kappa shape index (κ3) is 5.63. The van der Waals surface area contributed by atoms with Crippen LogP contribution in [0.5, 0.6) is 0 Å². The summed E-state index contributed by atoms with van der Waals surface area (Å²) < 4.78 is 6.08. The van der Waals surface area contributed by atoms with Gasteiger partial charge in [-0.15, -0.1) is 0 Å². The maximum absolute atomic E-state index is 11.9. The van der Waals surface area contributed by atoms with Gasteiger partial charge in [-0.3, -0.25) is 9.69 Å². The third-order valence-electron chi connectivity index (χ3n) is 6.30. The van der Waals surface area contributed by atoms with Gasteiger partial charge in [-0.2, -0.15) is 0 Å². The van der Waals surface area contributed by atoms with Crippen LogP contribution in [-0.2, 0) is 22.4 Å². The Morgan fingerprint density at radius 1 is 1.26 bits per heavy atom. The van der Waals surface area contributed by atoms with Gasteiger partial charge in [0, 0.05) is 31.9 Å². The topological polar surface area (TPSA) is 74.7 Å². The van der Waals surface area contributed by atoms with Crippen molar-refractivity contribution in [3.8, 4) is 0 Å². The molecule has 0 spiro atoms. The van der Waals surface area contributed by atoms with E-state index in [0.29, 0.717) is 13.2 Å². The molecule has 3 heterocycles. The van der Waals surface area contributed by atoms with Crippen LogP contribution in [0.2, 0.25) is 0 Å². The summed E-state index contributed by atoms with van der Waals surface area (Å²) in [4.78, 5) is 18.7. The van der Waals surface area contributed by atoms with Gasteiger partial charge in [0.25, 0.3) is 0 Å². The average molecular weight is 424 g/mol. The largest absolute Gasteiger partial charge is 0.480 e. The van der Waals surface area contributed by atoms with Crippen molar-refractivity contribution in [3.63, 3.8) is 0 Å². The highest BCUT2D eigenvalue weighted by Gasteiger charge is 2.33. The normalized spacial score (nSPS) is 19.6. The summed E-state index contributed by atoms with van der Waals surface area (Å²) in [5.41, 5.74) is 4.44. The summed E-state index contributed by atoms with van der Waals surface area (Å²) in [7, 11) is 0. The van der Waals surface area contributed by atoms with Gasteiger partial charge in [-0.05, 0) is 62.6 Å². The van der Waals surface area contributed by atoms with Gasteiger partial charge in [-0.25, -0.2) is 4.98 Å². The van der Waals surface area contributed by atoms with Crippen LogP contribution in [-0.4, -0.2) is 53.3 Å². The van der Waals surface area contributed by atoms with Gasteiger partial charge in [0.05, 0.1) is 6.10 Å². The number of aliphatic carboxylic acids is 1. The second-order valence-electron chi connectivity index (χ2n) is 8.73. The van der Waals surface area contributed by atoms with Crippen molar-refractivity contribution in [2.24, 2.45) is 0 Å². The fourth-order valence-electron chi connectivity index (χ4n) is 4.55. The van der Waals surface area contributed by atoms with Gasteiger partial charge in [-0.1, -0.05) is 35.9 Å². The molecule has 2 aromatic rings. The van der Waals surface area contributed by atoms with Crippen molar-refractivity contribution < 1.29 is 14.6 Å². The molecule has 0 amide bonds. The summed E-state index contributed by atoms with van der Waals surface area (Å²) in [6.45, 7) is 5.16. The molecule has 0 aliphatic carbocycles. The van der Waals surface area contributed by atoms with Crippen LogP contribution >= 0.6 is 0 Å². The number of anilines is 1. The monoisotopic (exact) mass is 423 g/mol. The molecule has 0 radical (unpaired) electrons. The number of likely N-dealkylation sites (tertiary alicyclic amines) is 1. The first-order valence-electron chi connectivity index (χ1n) is 11.5. The predicted molar refractivity (Wildman–Crippen MR) is 121 cm³/mol. The number of aromatic nitrogens is 1. The molecule has 0 bridgehead atoms. The summed E-state index contributed by atoms with van der Waals surface area (Å²) in [5, 5.41) is 13.2. The molecule has 2 aliphatic heterocycles. The molecule has 0 saturated carbocycles. The molecule has 1 aromatic carbocycles. The lowest BCUT2D eigenvalue weighted by Crippen LogP contribution is -2.33. The number of aryl methyl sites for hydroxylation is 3. The minimum atomic E-state index is -0.795. The van der Waals surface area contributed by atoms with Crippen molar-refractivity contribution >= 4 is 11.8 Å². The van der Waals surface area contributed by atoms with Crippen LogP contribution in [0.1, 0.15) is 54.1 Å². The Bertz CT molecular complexity index is 884. The molecule has 6 heteroatoms. The number of hydrogen-bond acceptors (Lipinski definition) is 5. The zero-order valence-corrected chi connectivity index (χ0v) is 18.3. The summed E-state index contributed by atoms with van der Waals surface area (Å²) in [5.74, 6) is 0.268. The van der Waals surface area contributed by atoms with E-state index in [1.807, 2.05) is 36.1 Å². The highest BCUT2D eigenvalue weighted by Crippen LogP contribution is 2.27. The Hall–Kier alpha value is -2.44. The van der Waals surface area contributed by atoms with E-state index >= 15 is 0 Å². The van der Waals surface area contributed by atoms with Crippen LogP contribution in [0, 0.1) is 6.92 Å². The minimum absolute atomic E-state index is 0.110. The van der Waals surface area contributed by atoms with E-state index < -0.39 is 12.0 Å². The Morgan fingerprint density at radius 3 is 2.90 bits per heavy atom. The molecule has 31 heavy (non-hydrogen) atoms. The predicted octanol–water partition coefficient (Wildman–Crippen LogP) is 3.99. The van der Waals surface area contributed by atoms with Crippen LogP contribution < -0.4 is 5.32 Å². The lowest BCUT2D eigenvalue weighted by atomic mass is 10.0. The molecule has 0 unspecified atom stereocenters. The molecule has 1 saturated heterocycles. The van der Waals surface area contributed by atoms with E-state index in [0.717, 1.165) is 67.8 Å². The average Bonchev–Trinajstić information content (AvgIpc) is 3.23. The summed E-state index contributed by atoms with van der Waals surface area (Å²) >= 11 is 0. The number of hydrogen-bond donors (Lipinski definition) is 2. The van der Waals surface area contributed by atoms with Gasteiger partial charge < -0.3 is 15.2 Å². The highest BCUT2D eigenvalue weighted by atomic mass is 16.5. The van der Waals surface area contributed by atoms with E-state index in [-0.39, 0.29) is 6.10 Å². The van der Waals surface area contributed by atoms with Crippen molar-refractivity contribution in [1.82, 2.24) is 9.88 Å². The standard InChI is InChI=1S/C25H33N3O3/c1-18-7-9-19(10-8-18)23(25(29)30)28-15-13-22(17-28)31-16-3-2-6-21-12-11-20-5-4-14-26-24(20)27-21/h7-12,22-23H,2-6,13-17H2,1H3,(H,26,27)(H,29,30)/t22-,23-/m1/s1. The van der Waals surface area contributed by atoms with E-state index in [1.165, 1.54) is 12.0 Å². The van der Waals surface area contributed by atoms with Crippen LogP contribution in [0.15, 0.2) is 36.4 Å². The number of carboxylic acid groups (broad SMARTS) is 1. The zero-order valence-electron chi connectivity index (χ0n) is 18.3. The first-order valence-corrected chi connectivity index (χ1v) is 11.5. The van der Waals surface area contributed by atoms with Gasteiger partial charge in [0.2, 0.25) is 0 Å². The zero-order chi connectivity index (χ0) is 21.6. The first-order chi connectivity index (χ1) is 15.1. The number of unbranched alkanes of at least 4 members (excludes halogenated alkanes) is 1. The SMILES string of the molecule is Cc1ccc([C@H](C(=O)O)N2CC[C@@H](OCCCCc3ccc4c(n3)NCCC4)C2)cc1. The number of nitrogens with zero attached hydrogens (tertiary/aromatic N) is 2. The summed E-state index contributed by atoms with van der Waals surface area (Å²) in [6, 6.07) is 11.6. The number of ether oxygens (including phenoxy) is 1. The second kappa shape index (κ2) is 10.2. The first kappa shape index (κ1) is 21.8. The third-order valence-corrected chi connectivity index (χ3v) is 6.30. The van der Waals surface area contributed by atoms with Crippen LogP contribution in [0.25, 0.3) is 0 Å². The minimum Gasteiger partial charge on any atom is -0.480 e. The molecule has 6 nitrogen and oxygen atoms in total. The Balaban J connectivity index is 1.20. The van der Waals surface area contributed by atoms with E-state index in [9.17, 15) is 9.90 Å². The quantitative estimate of drug-likeness (QED) is 0.594. The van der Waals surface area contributed by atoms with Crippen molar-refractivity contribution in [1.29, 1.82) is 0 Å². The lowest BCUT2D eigenvalue weighted by molar-refractivity contribution is -0.143. The molecule has 2 N–H and O–H groups in total. The van der Waals surface area contributed by atoms with Gasteiger partial charge >= 0.3 is 5.97 Å². The van der Waals surface area contributed by atoms with Crippen molar-refractivity contribution in [3.05, 3.63) is 58.8 Å². The number of pyridine rings is 1. The molecular formula is C25H33N3O3. The number of nitrogens with one attached hydrogen (secondary N) is 1. The number of carbonyl (C=O) groups is 1.